The molecule has 0 aliphatic carbocycles. The third kappa shape index (κ3) is 2.63. The maximum Gasteiger partial charge on any atom is 0.165 e. The summed E-state index contributed by atoms with van der Waals surface area (Å²) in [5.74, 6) is 1.28. The van der Waals surface area contributed by atoms with Crippen LogP contribution < -0.4 is 0 Å². The predicted molar refractivity (Wildman–Crippen MR) is 93.1 cm³/mol. The van der Waals surface area contributed by atoms with E-state index in [1.165, 1.54) is 5.56 Å². The van der Waals surface area contributed by atoms with Crippen molar-refractivity contribution in [1.82, 2.24) is 9.55 Å². The van der Waals surface area contributed by atoms with Crippen molar-refractivity contribution in [3.8, 4) is 0 Å². The van der Waals surface area contributed by atoms with Gasteiger partial charge in [-0.25, -0.2) is 4.98 Å². The minimum atomic E-state index is 0.0763. The Morgan fingerprint density at radius 1 is 1.04 bits per heavy atom. The number of aromatic nitrogens is 2. The van der Waals surface area contributed by atoms with E-state index in [-0.39, 0.29) is 12.4 Å². The molecule has 4 heteroatoms. The van der Waals surface area contributed by atoms with Crippen LogP contribution in [-0.4, -0.2) is 20.4 Å². The van der Waals surface area contributed by atoms with E-state index in [2.05, 4.69) is 16.7 Å². The molecule has 24 heavy (non-hydrogen) atoms. The normalized spacial score (nSPS) is 14.1. The van der Waals surface area contributed by atoms with Crippen LogP contribution in [0.2, 0.25) is 0 Å². The molecular formula is C20H20N2O2. The Morgan fingerprint density at radius 3 is 2.62 bits per heavy atom. The van der Waals surface area contributed by atoms with Crippen molar-refractivity contribution < 1.29 is 9.90 Å². The molecule has 0 saturated heterocycles. The fourth-order valence-corrected chi connectivity index (χ4v) is 3.49. The van der Waals surface area contributed by atoms with Crippen LogP contribution in [0.3, 0.4) is 0 Å². The lowest BCUT2D eigenvalue weighted by Crippen LogP contribution is -2.05. The molecule has 1 aliphatic rings. The number of carbonyl (C=O) groups excluding carboxylic acids is 1. The van der Waals surface area contributed by atoms with Crippen LogP contribution in [0.25, 0.3) is 11.0 Å². The van der Waals surface area contributed by atoms with E-state index >= 15 is 0 Å². The minimum absolute atomic E-state index is 0.0763. The smallest absolute Gasteiger partial charge is 0.165 e. The Bertz CT molecular complexity index is 894. The van der Waals surface area contributed by atoms with Crippen molar-refractivity contribution >= 4 is 16.8 Å². The SMILES string of the molecule is O=C1CCCn2c(CCc3ccc(CO)cc3)nc3cccc1c32. The molecule has 1 N–H and O–H groups in total. The molecule has 2 aromatic carbocycles. The van der Waals surface area contributed by atoms with Gasteiger partial charge in [0.05, 0.1) is 17.6 Å². The zero-order valence-electron chi connectivity index (χ0n) is 13.5. The number of benzene rings is 2. The number of carbonyl (C=O) groups is 1. The predicted octanol–water partition coefficient (Wildman–Crippen LogP) is 3.29. The third-order valence-electron chi connectivity index (χ3n) is 4.77. The van der Waals surface area contributed by atoms with E-state index in [4.69, 9.17) is 10.1 Å². The lowest BCUT2D eigenvalue weighted by molar-refractivity contribution is 0.0982. The molecule has 0 spiro atoms. The van der Waals surface area contributed by atoms with Gasteiger partial charge >= 0.3 is 0 Å². The maximum absolute atomic E-state index is 12.3. The highest BCUT2D eigenvalue weighted by atomic mass is 16.3. The average molecular weight is 320 g/mol. The van der Waals surface area contributed by atoms with Gasteiger partial charge in [0.25, 0.3) is 0 Å². The van der Waals surface area contributed by atoms with E-state index < -0.39 is 0 Å². The molecule has 1 aromatic heterocycles. The number of imidazole rings is 1. The van der Waals surface area contributed by atoms with Gasteiger partial charge in [-0.05, 0) is 36.1 Å². The van der Waals surface area contributed by atoms with Gasteiger partial charge in [-0.1, -0.05) is 30.3 Å². The number of aliphatic hydroxyl groups excluding tert-OH is 1. The average Bonchev–Trinajstić information content (AvgIpc) is 2.88. The van der Waals surface area contributed by atoms with Gasteiger partial charge in [0, 0.05) is 24.9 Å². The summed E-state index contributed by atoms with van der Waals surface area (Å²) in [6.07, 6.45) is 3.24. The van der Waals surface area contributed by atoms with Gasteiger partial charge in [0.2, 0.25) is 0 Å². The summed E-state index contributed by atoms with van der Waals surface area (Å²) in [5.41, 5.74) is 4.91. The highest BCUT2D eigenvalue weighted by molar-refractivity contribution is 6.06. The Hall–Kier alpha value is -2.46. The van der Waals surface area contributed by atoms with Crippen molar-refractivity contribution in [1.29, 1.82) is 0 Å². The van der Waals surface area contributed by atoms with E-state index in [1.807, 2.05) is 30.3 Å². The molecule has 122 valence electrons. The molecule has 0 radical (unpaired) electrons. The molecule has 0 saturated carbocycles. The topological polar surface area (TPSA) is 55.1 Å². The van der Waals surface area contributed by atoms with E-state index in [0.717, 1.165) is 53.8 Å². The van der Waals surface area contributed by atoms with Crippen molar-refractivity contribution in [3.63, 3.8) is 0 Å². The van der Waals surface area contributed by atoms with Crippen molar-refractivity contribution in [3.05, 3.63) is 65.0 Å². The summed E-state index contributed by atoms with van der Waals surface area (Å²) in [4.78, 5) is 17.1. The molecular weight excluding hydrogens is 300 g/mol. The highest BCUT2D eigenvalue weighted by Crippen LogP contribution is 2.26. The van der Waals surface area contributed by atoms with Crippen LogP contribution >= 0.6 is 0 Å². The fraction of sp³-hybridized carbons (Fsp3) is 0.300. The summed E-state index contributed by atoms with van der Waals surface area (Å²) in [5, 5.41) is 9.12. The molecule has 0 amide bonds. The molecule has 0 fully saturated rings. The van der Waals surface area contributed by atoms with Crippen LogP contribution in [0.5, 0.6) is 0 Å². The summed E-state index contributed by atoms with van der Waals surface area (Å²) in [7, 11) is 0. The van der Waals surface area contributed by atoms with Gasteiger partial charge in [-0.3, -0.25) is 4.79 Å². The van der Waals surface area contributed by atoms with E-state index in [1.54, 1.807) is 0 Å². The second-order valence-corrected chi connectivity index (χ2v) is 6.35. The van der Waals surface area contributed by atoms with E-state index in [0.29, 0.717) is 6.42 Å². The summed E-state index contributed by atoms with van der Waals surface area (Å²) in [6.45, 7) is 0.935. The van der Waals surface area contributed by atoms with Crippen LogP contribution in [0.15, 0.2) is 42.5 Å². The number of nitrogens with zero attached hydrogens (tertiary/aromatic N) is 2. The number of Topliss-reactive ketones (excluding diaryl/α,β-unsaturated/α-hetero) is 1. The lowest BCUT2D eigenvalue weighted by Gasteiger charge is -2.08. The van der Waals surface area contributed by atoms with Crippen LogP contribution in [0.4, 0.5) is 0 Å². The number of rotatable bonds is 4. The summed E-state index contributed by atoms with van der Waals surface area (Å²) < 4.78 is 2.23. The van der Waals surface area contributed by atoms with Gasteiger partial charge < -0.3 is 9.67 Å². The van der Waals surface area contributed by atoms with Crippen molar-refractivity contribution in [2.24, 2.45) is 0 Å². The monoisotopic (exact) mass is 320 g/mol. The van der Waals surface area contributed by atoms with Gasteiger partial charge in [-0.15, -0.1) is 0 Å². The number of para-hydroxylation sites is 1. The van der Waals surface area contributed by atoms with Crippen LogP contribution in [0, 0.1) is 0 Å². The molecule has 1 aliphatic heterocycles. The Kier molecular flexibility index (Phi) is 3.90. The largest absolute Gasteiger partial charge is 0.392 e. The number of aliphatic hydroxyl groups is 1. The van der Waals surface area contributed by atoms with Crippen LogP contribution in [0.1, 0.15) is 40.2 Å². The molecule has 0 unspecified atom stereocenters. The summed E-state index contributed by atoms with van der Waals surface area (Å²) >= 11 is 0. The zero-order chi connectivity index (χ0) is 16.5. The van der Waals surface area contributed by atoms with Gasteiger partial charge in [0.1, 0.15) is 5.82 Å². The quantitative estimate of drug-likeness (QED) is 0.802. The standard InChI is InChI=1S/C20H20N2O2/c23-13-15-8-6-14(7-9-15)10-11-19-21-17-4-1-3-16-18(24)5-2-12-22(19)20(16)17/h1,3-4,6-9,23H,2,5,10-13H2. The zero-order valence-corrected chi connectivity index (χ0v) is 13.5. The second kappa shape index (κ2) is 6.21. The van der Waals surface area contributed by atoms with Gasteiger partial charge in [0.15, 0.2) is 5.78 Å². The maximum atomic E-state index is 12.3. The molecule has 3 aromatic rings. The van der Waals surface area contributed by atoms with E-state index in [9.17, 15) is 4.79 Å². The molecule has 0 atom stereocenters. The molecule has 0 bridgehead atoms. The molecule has 4 rings (SSSR count). The number of hydrogen-bond donors (Lipinski definition) is 1. The fourth-order valence-electron chi connectivity index (χ4n) is 3.49. The first-order chi connectivity index (χ1) is 11.8. The highest BCUT2D eigenvalue weighted by Gasteiger charge is 2.20. The Labute approximate surface area is 140 Å². The first kappa shape index (κ1) is 15.1. The number of ketones is 1. The lowest BCUT2D eigenvalue weighted by atomic mass is 10.1. The first-order valence-corrected chi connectivity index (χ1v) is 8.46. The second-order valence-electron chi connectivity index (χ2n) is 6.35. The van der Waals surface area contributed by atoms with Crippen LogP contribution in [-0.2, 0) is 26.0 Å². The van der Waals surface area contributed by atoms with Crippen molar-refractivity contribution in [2.75, 3.05) is 0 Å². The molecule has 4 nitrogen and oxygen atoms in total. The molecule has 2 heterocycles. The first-order valence-electron chi connectivity index (χ1n) is 8.46. The Balaban J connectivity index is 1.65. The van der Waals surface area contributed by atoms with Crippen molar-refractivity contribution in [2.45, 2.75) is 38.8 Å². The summed E-state index contributed by atoms with van der Waals surface area (Å²) in [6, 6.07) is 13.9. The Morgan fingerprint density at radius 2 is 1.83 bits per heavy atom. The number of hydrogen-bond acceptors (Lipinski definition) is 3. The van der Waals surface area contributed by atoms with Gasteiger partial charge in [-0.2, -0.15) is 0 Å². The third-order valence-corrected chi connectivity index (χ3v) is 4.77. The minimum Gasteiger partial charge on any atom is -0.392 e. The number of aryl methyl sites for hydroxylation is 3.